The quantitative estimate of drug-likeness (QED) is 0.861. The summed E-state index contributed by atoms with van der Waals surface area (Å²) in [5, 5.41) is 0. The van der Waals surface area contributed by atoms with Crippen molar-refractivity contribution in [3.63, 3.8) is 0 Å². The molecule has 0 radical (unpaired) electrons. The largest absolute Gasteiger partial charge is 0.366 e. The van der Waals surface area contributed by atoms with E-state index in [9.17, 15) is 14.4 Å². The molecule has 0 spiro atoms. The standard InChI is InChI=1S/C20H19N3O3/c21-18(24)15-8-4-5-13(11-15)12-22-19(25)17-10-9-16(23(17)20(22)26)14-6-2-1-3-7-14/h1-8,11,16-17H,9-10,12H2,(H2,21,24)/t16-,17-/m1/s1. The van der Waals surface area contributed by atoms with E-state index in [1.807, 2.05) is 30.3 Å². The molecule has 0 bridgehead atoms. The van der Waals surface area contributed by atoms with Crippen molar-refractivity contribution in [2.24, 2.45) is 5.73 Å². The van der Waals surface area contributed by atoms with Crippen LogP contribution >= 0.6 is 0 Å². The number of hydrogen-bond acceptors (Lipinski definition) is 3. The van der Waals surface area contributed by atoms with Crippen molar-refractivity contribution in [1.29, 1.82) is 0 Å². The first-order valence-corrected chi connectivity index (χ1v) is 8.63. The number of rotatable bonds is 4. The number of imide groups is 1. The smallest absolute Gasteiger partial charge is 0.328 e. The van der Waals surface area contributed by atoms with Crippen molar-refractivity contribution in [1.82, 2.24) is 9.80 Å². The van der Waals surface area contributed by atoms with Crippen LogP contribution in [0.15, 0.2) is 54.6 Å². The van der Waals surface area contributed by atoms with Gasteiger partial charge in [-0.15, -0.1) is 0 Å². The molecule has 26 heavy (non-hydrogen) atoms. The highest BCUT2D eigenvalue weighted by Gasteiger charge is 2.51. The van der Waals surface area contributed by atoms with Gasteiger partial charge in [0.25, 0.3) is 5.91 Å². The summed E-state index contributed by atoms with van der Waals surface area (Å²) >= 11 is 0. The van der Waals surface area contributed by atoms with Gasteiger partial charge in [0.15, 0.2) is 0 Å². The van der Waals surface area contributed by atoms with Crippen LogP contribution < -0.4 is 5.73 Å². The Morgan fingerprint density at radius 1 is 1.00 bits per heavy atom. The SMILES string of the molecule is NC(=O)c1cccc(CN2C(=O)[C@H]3CC[C@H](c4ccccc4)N3C2=O)c1. The van der Waals surface area contributed by atoms with Crippen molar-refractivity contribution in [2.75, 3.05) is 0 Å². The Kier molecular flexibility index (Phi) is 3.95. The zero-order valence-corrected chi connectivity index (χ0v) is 14.2. The Morgan fingerprint density at radius 3 is 2.46 bits per heavy atom. The molecule has 6 nitrogen and oxygen atoms in total. The molecular formula is C20H19N3O3. The second-order valence-electron chi connectivity index (χ2n) is 6.70. The molecule has 0 aromatic heterocycles. The van der Waals surface area contributed by atoms with E-state index in [4.69, 9.17) is 5.73 Å². The molecule has 2 heterocycles. The number of urea groups is 1. The van der Waals surface area contributed by atoms with E-state index in [1.54, 1.807) is 29.2 Å². The summed E-state index contributed by atoms with van der Waals surface area (Å²) in [6.45, 7) is 0.146. The fraction of sp³-hybridized carbons (Fsp3) is 0.250. The first-order valence-electron chi connectivity index (χ1n) is 8.63. The van der Waals surface area contributed by atoms with Crippen molar-refractivity contribution >= 4 is 17.8 Å². The van der Waals surface area contributed by atoms with Crippen molar-refractivity contribution in [3.8, 4) is 0 Å². The van der Waals surface area contributed by atoms with Crippen molar-refractivity contribution in [2.45, 2.75) is 31.5 Å². The van der Waals surface area contributed by atoms with Crippen LogP contribution in [0, 0.1) is 0 Å². The fourth-order valence-corrected chi connectivity index (χ4v) is 3.89. The van der Waals surface area contributed by atoms with Crippen LogP contribution in [0.2, 0.25) is 0 Å². The molecule has 2 fully saturated rings. The van der Waals surface area contributed by atoms with Gasteiger partial charge in [-0.3, -0.25) is 14.5 Å². The summed E-state index contributed by atoms with van der Waals surface area (Å²) in [5.41, 5.74) is 7.43. The highest BCUT2D eigenvalue weighted by atomic mass is 16.2. The van der Waals surface area contributed by atoms with Gasteiger partial charge in [-0.05, 0) is 36.1 Å². The molecule has 4 rings (SSSR count). The van der Waals surface area contributed by atoms with Gasteiger partial charge in [-0.2, -0.15) is 0 Å². The lowest BCUT2D eigenvalue weighted by atomic mass is 10.0. The van der Waals surface area contributed by atoms with Gasteiger partial charge >= 0.3 is 6.03 Å². The van der Waals surface area contributed by atoms with E-state index in [0.29, 0.717) is 17.5 Å². The Labute approximate surface area is 151 Å². The summed E-state index contributed by atoms with van der Waals surface area (Å²) in [7, 11) is 0. The first-order chi connectivity index (χ1) is 12.6. The summed E-state index contributed by atoms with van der Waals surface area (Å²) in [6, 6.07) is 15.8. The van der Waals surface area contributed by atoms with Gasteiger partial charge < -0.3 is 10.6 Å². The van der Waals surface area contributed by atoms with Crippen LogP contribution in [-0.2, 0) is 11.3 Å². The van der Waals surface area contributed by atoms with Crippen LogP contribution in [0.5, 0.6) is 0 Å². The van der Waals surface area contributed by atoms with Crippen LogP contribution in [0.3, 0.4) is 0 Å². The van der Waals surface area contributed by atoms with Gasteiger partial charge in [0.2, 0.25) is 5.91 Å². The number of hydrogen-bond donors (Lipinski definition) is 1. The number of amides is 4. The van der Waals surface area contributed by atoms with Crippen molar-refractivity contribution < 1.29 is 14.4 Å². The van der Waals surface area contributed by atoms with E-state index in [2.05, 4.69) is 0 Å². The zero-order chi connectivity index (χ0) is 18.3. The lowest BCUT2D eigenvalue weighted by Crippen LogP contribution is -2.34. The second-order valence-corrected chi connectivity index (χ2v) is 6.70. The summed E-state index contributed by atoms with van der Waals surface area (Å²) in [4.78, 5) is 40.0. The molecule has 132 valence electrons. The third-order valence-corrected chi connectivity index (χ3v) is 5.12. The molecule has 2 aromatic carbocycles. The summed E-state index contributed by atoms with van der Waals surface area (Å²) in [5.74, 6) is -0.700. The lowest BCUT2D eigenvalue weighted by molar-refractivity contribution is -0.128. The van der Waals surface area contributed by atoms with Crippen LogP contribution in [0.1, 0.15) is 40.4 Å². The molecule has 2 saturated heterocycles. The number of fused-ring (bicyclic) bond motifs is 1. The molecule has 2 aliphatic heterocycles. The normalized spacial score (nSPS) is 22.0. The molecule has 2 N–H and O–H groups in total. The van der Waals surface area contributed by atoms with Gasteiger partial charge in [-0.25, -0.2) is 4.79 Å². The van der Waals surface area contributed by atoms with Gasteiger partial charge in [0, 0.05) is 5.56 Å². The highest BCUT2D eigenvalue weighted by molar-refractivity contribution is 6.04. The van der Waals surface area contributed by atoms with E-state index in [0.717, 1.165) is 12.0 Å². The van der Waals surface area contributed by atoms with E-state index < -0.39 is 11.9 Å². The Balaban J connectivity index is 1.58. The number of benzene rings is 2. The van der Waals surface area contributed by atoms with E-state index in [1.165, 1.54) is 4.90 Å². The molecule has 2 aliphatic rings. The topological polar surface area (TPSA) is 83.7 Å². The maximum Gasteiger partial charge on any atom is 0.328 e. The molecule has 0 saturated carbocycles. The highest BCUT2D eigenvalue weighted by Crippen LogP contribution is 2.41. The van der Waals surface area contributed by atoms with Crippen LogP contribution in [0.4, 0.5) is 4.79 Å². The third-order valence-electron chi connectivity index (χ3n) is 5.12. The molecular weight excluding hydrogens is 330 g/mol. The maximum absolute atomic E-state index is 12.9. The summed E-state index contributed by atoms with van der Waals surface area (Å²) < 4.78 is 0. The zero-order valence-electron chi connectivity index (χ0n) is 14.2. The fourth-order valence-electron chi connectivity index (χ4n) is 3.89. The lowest BCUT2D eigenvalue weighted by Gasteiger charge is -2.24. The molecule has 0 unspecified atom stereocenters. The number of primary amides is 1. The molecule has 6 heteroatoms. The summed E-state index contributed by atoms with van der Waals surface area (Å²) in [6.07, 6.45) is 1.46. The molecule has 2 aromatic rings. The predicted molar refractivity (Wildman–Crippen MR) is 94.9 cm³/mol. The minimum absolute atomic E-state index is 0.0698. The maximum atomic E-state index is 12.9. The van der Waals surface area contributed by atoms with Gasteiger partial charge in [0.05, 0.1) is 12.6 Å². The van der Waals surface area contributed by atoms with E-state index in [-0.39, 0.29) is 24.5 Å². The first kappa shape index (κ1) is 16.3. The predicted octanol–water partition coefficient (Wildman–Crippen LogP) is 2.45. The average Bonchev–Trinajstić information content (AvgIpc) is 3.19. The second kappa shape index (κ2) is 6.29. The Hall–Kier alpha value is -3.15. The Morgan fingerprint density at radius 2 is 1.73 bits per heavy atom. The number of nitrogens with zero attached hydrogens (tertiary/aromatic N) is 2. The number of carbonyl (C=O) groups is 3. The third kappa shape index (κ3) is 2.63. The van der Waals surface area contributed by atoms with E-state index >= 15 is 0 Å². The molecule has 2 atom stereocenters. The van der Waals surface area contributed by atoms with Crippen LogP contribution in [-0.4, -0.2) is 33.7 Å². The minimum atomic E-state index is -0.532. The van der Waals surface area contributed by atoms with Crippen molar-refractivity contribution in [3.05, 3.63) is 71.3 Å². The number of nitrogens with two attached hydrogens (primary N) is 1. The molecule has 4 amide bonds. The average molecular weight is 349 g/mol. The molecule has 0 aliphatic carbocycles. The van der Waals surface area contributed by atoms with Gasteiger partial charge in [0.1, 0.15) is 6.04 Å². The van der Waals surface area contributed by atoms with Crippen LogP contribution in [0.25, 0.3) is 0 Å². The van der Waals surface area contributed by atoms with Gasteiger partial charge in [-0.1, -0.05) is 42.5 Å². The number of carbonyl (C=O) groups excluding carboxylic acids is 3. The minimum Gasteiger partial charge on any atom is -0.366 e. The Bertz CT molecular complexity index is 881. The monoisotopic (exact) mass is 349 g/mol.